The van der Waals surface area contributed by atoms with Crippen LogP contribution < -0.4 is 9.47 Å². The van der Waals surface area contributed by atoms with Gasteiger partial charge in [-0.2, -0.15) is 4.31 Å². The van der Waals surface area contributed by atoms with Crippen molar-refractivity contribution >= 4 is 32.4 Å². The minimum Gasteiger partial charge on any atom is -0.493 e. The number of sulfonamides is 1. The number of pyridine rings is 1. The predicted molar refractivity (Wildman–Crippen MR) is 128 cm³/mol. The Morgan fingerprint density at radius 1 is 1.06 bits per heavy atom. The first-order valence-corrected chi connectivity index (χ1v) is 12.2. The molecule has 0 unspecified atom stereocenters. The van der Waals surface area contributed by atoms with Crippen LogP contribution in [-0.4, -0.2) is 38.0 Å². The molecule has 8 heteroatoms. The molecule has 1 aliphatic rings. The topological polar surface area (TPSA) is 68.7 Å². The number of rotatable bonds is 4. The third kappa shape index (κ3) is 4.04. The quantitative estimate of drug-likeness (QED) is 0.404. The van der Waals surface area contributed by atoms with Gasteiger partial charge in [-0.3, -0.25) is 4.98 Å². The van der Waals surface area contributed by atoms with Gasteiger partial charge in [-0.05, 0) is 35.7 Å². The third-order valence-corrected chi connectivity index (χ3v) is 7.80. The molecule has 0 fully saturated rings. The van der Waals surface area contributed by atoms with Crippen molar-refractivity contribution in [3.05, 3.63) is 83.5 Å². The lowest BCUT2D eigenvalue weighted by molar-refractivity contribution is 0.279. The molecule has 0 aliphatic carbocycles. The zero-order valence-corrected chi connectivity index (χ0v) is 19.4. The Bertz CT molecular complexity index is 1430. The van der Waals surface area contributed by atoms with Crippen LogP contribution >= 0.6 is 11.6 Å². The minimum atomic E-state index is -3.78. The monoisotopic (exact) mass is 480 g/mol. The molecule has 33 heavy (non-hydrogen) atoms. The van der Waals surface area contributed by atoms with Gasteiger partial charge < -0.3 is 9.47 Å². The number of benzene rings is 3. The molecule has 4 aromatic rings. The lowest BCUT2D eigenvalue weighted by Crippen LogP contribution is -2.32. The van der Waals surface area contributed by atoms with Gasteiger partial charge in [0.05, 0.1) is 22.7 Å². The van der Waals surface area contributed by atoms with Crippen LogP contribution in [0.4, 0.5) is 0 Å². The van der Waals surface area contributed by atoms with Crippen molar-refractivity contribution in [1.29, 1.82) is 0 Å². The van der Waals surface area contributed by atoms with E-state index in [4.69, 9.17) is 21.1 Å². The van der Waals surface area contributed by atoms with Crippen LogP contribution in [-0.2, 0) is 16.6 Å². The van der Waals surface area contributed by atoms with Crippen molar-refractivity contribution in [1.82, 2.24) is 9.29 Å². The molecule has 168 valence electrons. The Balaban J connectivity index is 1.59. The van der Waals surface area contributed by atoms with E-state index in [1.54, 1.807) is 31.5 Å². The normalized spacial score (nSPS) is 14.4. The molecule has 5 rings (SSSR count). The SMILES string of the molecule is COc1cc(-c2ccc(Cl)cn2)cc2c1OCCN(S(=O)(=O)c1cccc3ccccc13)C2. The number of fused-ring (bicyclic) bond motifs is 2. The van der Waals surface area contributed by atoms with E-state index in [1.165, 1.54) is 4.31 Å². The Morgan fingerprint density at radius 3 is 2.67 bits per heavy atom. The van der Waals surface area contributed by atoms with Crippen LogP contribution in [0.1, 0.15) is 5.56 Å². The van der Waals surface area contributed by atoms with Crippen molar-refractivity contribution in [2.24, 2.45) is 0 Å². The Hall–Kier alpha value is -3.13. The van der Waals surface area contributed by atoms with Crippen LogP contribution in [0.3, 0.4) is 0 Å². The molecule has 1 aliphatic heterocycles. The summed E-state index contributed by atoms with van der Waals surface area (Å²) in [5.41, 5.74) is 2.20. The number of ether oxygens (including phenoxy) is 2. The van der Waals surface area contributed by atoms with Gasteiger partial charge in [-0.15, -0.1) is 0 Å². The van der Waals surface area contributed by atoms with Gasteiger partial charge in [-0.25, -0.2) is 8.42 Å². The molecule has 0 saturated carbocycles. The number of halogens is 1. The molecule has 0 saturated heterocycles. The largest absolute Gasteiger partial charge is 0.493 e. The molecule has 0 amide bonds. The second-order valence-electron chi connectivity index (χ2n) is 7.69. The molecule has 0 N–H and O–H groups in total. The van der Waals surface area contributed by atoms with E-state index in [2.05, 4.69) is 4.98 Å². The highest BCUT2D eigenvalue weighted by Crippen LogP contribution is 2.39. The van der Waals surface area contributed by atoms with Gasteiger partial charge in [0.25, 0.3) is 0 Å². The van der Waals surface area contributed by atoms with E-state index in [9.17, 15) is 8.42 Å². The molecule has 0 atom stereocenters. The number of methoxy groups -OCH3 is 1. The minimum absolute atomic E-state index is 0.151. The highest BCUT2D eigenvalue weighted by molar-refractivity contribution is 7.89. The highest BCUT2D eigenvalue weighted by atomic mass is 35.5. The zero-order valence-electron chi connectivity index (χ0n) is 17.9. The van der Waals surface area contributed by atoms with E-state index in [-0.39, 0.29) is 24.6 Å². The first kappa shape index (κ1) is 21.7. The molecular formula is C25H21ClN2O4S. The number of hydrogen-bond acceptors (Lipinski definition) is 5. The fourth-order valence-electron chi connectivity index (χ4n) is 4.07. The second-order valence-corrected chi connectivity index (χ2v) is 10.0. The average Bonchev–Trinajstić information content (AvgIpc) is 3.06. The Morgan fingerprint density at radius 2 is 1.88 bits per heavy atom. The van der Waals surface area contributed by atoms with Crippen LogP contribution in [0.15, 0.2) is 77.8 Å². The molecule has 2 heterocycles. The Labute approximate surface area is 197 Å². The first-order chi connectivity index (χ1) is 16.0. The highest BCUT2D eigenvalue weighted by Gasteiger charge is 2.30. The summed E-state index contributed by atoms with van der Waals surface area (Å²) < 4.78 is 40.4. The summed E-state index contributed by atoms with van der Waals surface area (Å²) in [6.07, 6.45) is 1.57. The van der Waals surface area contributed by atoms with E-state index in [1.807, 2.05) is 48.5 Å². The number of nitrogens with zero attached hydrogens (tertiary/aromatic N) is 2. The molecular weight excluding hydrogens is 460 g/mol. The standard InChI is InChI=1S/C25H21ClN2O4S/c1-31-23-14-18(22-10-9-20(26)15-27-22)13-19-16-28(11-12-32-25(19)23)33(29,30)24-8-4-6-17-5-2-3-7-21(17)24/h2-10,13-15H,11-12,16H2,1H3. The summed E-state index contributed by atoms with van der Waals surface area (Å²) in [5, 5.41) is 2.11. The summed E-state index contributed by atoms with van der Waals surface area (Å²) in [6.45, 7) is 0.586. The smallest absolute Gasteiger partial charge is 0.244 e. The molecule has 0 spiro atoms. The predicted octanol–water partition coefficient (Wildman–Crippen LogP) is 5.15. The van der Waals surface area contributed by atoms with Crippen LogP contribution in [0.2, 0.25) is 5.02 Å². The van der Waals surface area contributed by atoms with Crippen molar-refractivity contribution < 1.29 is 17.9 Å². The van der Waals surface area contributed by atoms with Crippen molar-refractivity contribution in [2.45, 2.75) is 11.4 Å². The summed E-state index contributed by atoms with van der Waals surface area (Å²) >= 11 is 5.98. The zero-order chi connectivity index (χ0) is 23.0. The summed E-state index contributed by atoms with van der Waals surface area (Å²) in [4.78, 5) is 4.67. The Kier molecular flexibility index (Phi) is 5.70. The summed E-state index contributed by atoms with van der Waals surface area (Å²) in [7, 11) is -2.21. The van der Waals surface area contributed by atoms with Gasteiger partial charge in [-0.1, -0.05) is 48.0 Å². The van der Waals surface area contributed by atoms with Gasteiger partial charge in [0.2, 0.25) is 10.0 Å². The van der Waals surface area contributed by atoms with E-state index >= 15 is 0 Å². The first-order valence-electron chi connectivity index (χ1n) is 10.4. The maximum atomic E-state index is 13.7. The fraction of sp³-hybridized carbons (Fsp3) is 0.160. The number of aromatic nitrogens is 1. The molecule has 0 radical (unpaired) electrons. The summed E-state index contributed by atoms with van der Waals surface area (Å²) in [6, 6.07) is 20.1. The van der Waals surface area contributed by atoms with Gasteiger partial charge >= 0.3 is 0 Å². The van der Waals surface area contributed by atoms with Crippen molar-refractivity contribution in [2.75, 3.05) is 20.3 Å². The maximum Gasteiger partial charge on any atom is 0.244 e. The van der Waals surface area contributed by atoms with Crippen LogP contribution in [0.25, 0.3) is 22.0 Å². The van der Waals surface area contributed by atoms with E-state index in [0.29, 0.717) is 33.2 Å². The molecule has 3 aromatic carbocycles. The number of hydrogen-bond donors (Lipinski definition) is 0. The lowest BCUT2D eigenvalue weighted by atomic mass is 10.1. The van der Waals surface area contributed by atoms with Crippen molar-refractivity contribution in [3.8, 4) is 22.8 Å². The van der Waals surface area contributed by atoms with Crippen LogP contribution in [0, 0.1) is 0 Å². The van der Waals surface area contributed by atoms with Crippen molar-refractivity contribution in [3.63, 3.8) is 0 Å². The maximum absolute atomic E-state index is 13.7. The van der Waals surface area contributed by atoms with Gasteiger partial charge in [0.1, 0.15) is 6.61 Å². The third-order valence-electron chi connectivity index (χ3n) is 5.68. The van der Waals surface area contributed by atoms with Crippen LogP contribution in [0.5, 0.6) is 11.5 Å². The fourth-order valence-corrected chi connectivity index (χ4v) is 5.80. The van der Waals surface area contributed by atoms with Gasteiger partial charge in [0, 0.05) is 35.8 Å². The van der Waals surface area contributed by atoms with Gasteiger partial charge in [0.15, 0.2) is 11.5 Å². The molecule has 6 nitrogen and oxygen atoms in total. The van der Waals surface area contributed by atoms with E-state index < -0.39 is 10.0 Å². The van der Waals surface area contributed by atoms with E-state index in [0.717, 1.165) is 10.9 Å². The average molecular weight is 481 g/mol. The summed E-state index contributed by atoms with van der Waals surface area (Å²) in [5.74, 6) is 1.08. The molecule has 1 aromatic heterocycles. The lowest BCUT2D eigenvalue weighted by Gasteiger charge is -2.21. The second kappa shape index (κ2) is 8.67. The molecule has 0 bridgehead atoms.